The van der Waals surface area contributed by atoms with E-state index in [1.165, 1.54) is 0 Å². The van der Waals surface area contributed by atoms with Gasteiger partial charge in [-0.05, 0) is 0 Å². The van der Waals surface area contributed by atoms with Gasteiger partial charge in [-0.1, -0.05) is 13.8 Å². The highest BCUT2D eigenvalue weighted by Crippen LogP contribution is 1.89. The Labute approximate surface area is 54.2 Å². The quantitative estimate of drug-likeness (QED) is 0.444. The number of halogens is 1. The zero-order chi connectivity index (χ0) is 6.57. The maximum absolute atomic E-state index is 10.5. The second-order valence-electron chi connectivity index (χ2n) is 1.83. The zero-order valence-corrected chi connectivity index (χ0v) is 5.83. The van der Waals surface area contributed by atoms with Gasteiger partial charge < -0.3 is 5.32 Å². The molecule has 0 aliphatic rings. The lowest BCUT2D eigenvalue weighted by molar-refractivity contribution is -0.123. The maximum atomic E-state index is 10.5. The minimum atomic E-state index is 0.000000000000000444. The van der Waals surface area contributed by atoms with Crippen LogP contribution < -0.4 is 5.32 Å². The smallest absolute Gasteiger partial charge is 0.223 e. The molecule has 0 radical (unpaired) electrons. The first-order valence-electron chi connectivity index (χ1n) is 2.52. The summed E-state index contributed by atoms with van der Waals surface area (Å²) in [7, 11) is 0. The maximum Gasteiger partial charge on any atom is 0.223 e. The van der Waals surface area contributed by atoms with E-state index < -0.39 is 0 Å². The van der Waals surface area contributed by atoms with Crippen LogP contribution >= 0.6 is 11.6 Å². The number of hydrogen-bond acceptors (Lipinski definition) is 1. The molecular weight excluding hydrogens is 126 g/mol. The summed E-state index contributed by atoms with van der Waals surface area (Å²) in [6.07, 6.45) is 0. The SMILES string of the molecule is CC(C)C(=O)NCCl. The van der Waals surface area contributed by atoms with Crippen LogP contribution in [-0.2, 0) is 4.79 Å². The Balaban J connectivity index is 3.33. The van der Waals surface area contributed by atoms with Gasteiger partial charge >= 0.3 is 0 Å². The van der Waals surface area contributed by atoms with E-state index in [1.54, 1.807) is 0 Å². The minimum absolute atomic E-state index is 0.000000000000000444. The van der Waals surface area contributed by atoms with Gasteiger partial charge in [-0.2, -0.15) is 0 Å². The van der Waals surface area contributed by atoms with E-state index in [4.69, 9.17) is 11.6 Å². The van der Waals surface area contributed by atoms with Crippen LogP contribution in [0.3, 0.4) is 0 Å². The molecule has 48 valence electrons. The molecule has 0 unspecified atom stereocenters. The molecule has 0 bridgehead atoms. The molecule has 0 fully saturated rings. The lowest BCUT2D eigenvalue weighted by Gasteiger charge is -2.01. The molecular formula is C5H10ClNO. The first-order chi connectivity index (χ1) is 3.68. The number of carbonyl (C=O) groups excluding carboxylic acids is 1. The highest BCUT2D eigenvalue weighted by atomic mass is 35.5. The molecule has 2 nitrogen and oxygen atoms in total. The van der Waals surface area contributed by atoms with Crippen LogP contribution in [0.15, 0.2) is 0 Å². The van der Waals surface area contributed by atoms with Crippen LogP contribution in [0.4, 0.5) is 0 Å². The minimum Gasteiger partial charge on any atom is -0.342 e. The first kappa shape index (κ1) is 7.76. The molecule has 0 aliphatic heterocycles. The van der Waals surface area contributed by atoms with Crippen molar-refractivity contribution >= 4 is 17.5 Å². The normalized spacial score (nSPS) is 9.50. The van der Waals surface area contributed by atoms with E-state index in [0.717, 1.165) is 0 Å². The van der Waals surface area contributed by atoms with Crippen molar-refractivity contribution < 1.29 is 4.79 Å². The average molecular weight is 136 g/mol. The zero-order valence-electron chi connectivity index (χ0n) is 5.07. The molecule has 0 saturated carbocycles. The lowest BCUT2D eigenvalue weighted by atomic mass is 10.2. The van der Waals surface area contributed by atoms with Gasteiger partial charge in [-0.15, -0.1) is 11.6 Å². The van der Waals surface area contributed by atoms with Crippen LogP contribution in [-0.4, -0.2) is 11.9 Å². The van der Waals surface area contributed by atoms with Gasteiger partial charge in [0, 0.05) is 5.92 Å². The van der Waals surface area contributed by atoms with Gasteiger partial charge in [-0.3, -0.25) is 4.79 Å². The molecule has 0 heterocycles. The van der Waals surface area contributed by atoms with E-state index in [-0.39, 0.29) is 17.8 Å². The van der Waals surface area contributed by atoms with Gasteiger partial charge in [-0.25, -0.2) is 0 Å². The summed E-state index contributed by atoms with van der Waals surface area (Å²) in [6.45, 7) is 3.64. The van der Waals surface area contributed by atoms with Gasteiger partial charge in [0.05, 0.1) is 6.00 Å². The number of rotatable bonds is 2. The van der Waals surface area contributed by atoms with Crippen LogP contribution in [0, 0.1) is 5.92 Å². The third-order valence-electron chi connectivity index (χ3n) is 0.765. The Bertz CT molecular complexity index is 82.5. The summed E-state index contributed by atoms with van der Waals surface area (Å²) in [5.41, 5.74) is 0. The second-order valence-corrected chi connectivity index (χ2v) is 2.10. The summed E-state index contributed by atoms with van der Waals surface area (Å²) in [5, 5.41) is 2.47. The predicted molar refractivity (Wildman–Crippen MR) is 33.7 cm³/mol. The van der Waals surface area contributed by atoms with E-state index in [0.29, 0.717) is 0 Å². The molecule has 1 amide bonds. The Morgan fingerprint density at radius 3 is 2.38 bits per heavy atom. The van der Waals surface area contributed by atoms with Gasteiger partial charge in [0.15, 0.2) is 0 Å². The second kappa shape index (κ2) is 3.72. The lowest BCUT2D eigenvalue weighted by Crippen LogP contribution is -2.26. The van der Waals surface area contributed by atoms with Crippen molar-refractivity contribution in [1.82, 2.24) is 5.32 Å². The van der Waals surface area contributed by atoms with E-state index in [9.17, 15) is 4.79 Å². The fourth-order valence-corrected chi connectivity index (χ4v) is 0.402. The number of nitrogens with one attached hydrogen (secondary N) is 1. The topological polar surface area (TPSA) is 29.1 Å². The molecule has 1 N–H and O–H groups in total. The van der Waals surface area contributed by atoms with Crippen LogP contribution in [0.25, 0.3) is 0 Å². The van der Waals surface area contributed by atoms with E-state index >= 15 is 0 Å². The van der Waals surface area contributed by atoms with Gasteiger partial charge in [0.2, 0.25) is 5.91 Å². The Kier molecular flexibility index (Phi) is 3.61. The third kappa shape index (κ3) is 2.86. The molecule has 0 atom stereocenters. The summed E-state index contributed by atoms with van der Waals surface area (Å²) >= 11 is 5.21. The Hall–Kier alpha value is -0.240. The van der Waals surface area contributed by atoms with Crippen molar-refractivity contribution in [1.29, 1.82) is 0 Å². The van der Waals surface area contributed by atoms with Gasteiger partial charge in [0.25, 0.3) is 0 Å². The van der Waals surface area contributed by atoms with E-state index in [2.05, 4.69) is 5.32 Å². The molecule has 0 aromatic heterocycles. The highest BCUT2D eigenvalue weighted by Gasteiger charge is 2.02. The summed E-state index contributed by atoms with van der Waals surface area (Å²) in [4.78, 5) is 10.5. The Morgan fingerprint density at radius 1 is 1.75 bits per heavy atom. The van der Waals surface area contributed by atoms with Crippen LogP contribution in [0.1, 0.15) is 13.8 Å². The molecule has 8 heavy (non-hydrogen) atoms. The van der Waals surface area contributed by atoms with Crippen molar-refractivity contribution in [3.8, 4) is 0 Å². The van der Waals surface area contributed by atoms with Crippen LogP contribution in [0.5, 0.6) is 0 Å². The van der Waals surface area contributed by atoms with Gasteiger partial charge in [0.1, 0.15) is 0 Å². The summed E-state index contributed by atoms with van der Waals surface area (Å²) in [5.74, 6) is 0.0359. The molecule has 0 aromatic carbocycles. The van der Waals surface area contributed by atoms with Crippen molar-refractivity contribution in [2.75, 3.05) is 6.00 Å². The summed E-state index contributed by atoms with van der Waals surface area (Å²) in [6, 6.07) is 0.205. The van der Waals surface area contributed by atoms with E-state index in [1.807, 2.05) is 13.8 Å². The van der Waals surface area contributed by atoms with Crippen molar-refractivity contribution in [2.24, 2.45) is 5.92 Å². The predicted octanol–water partition coefficient (Wildman–Crippen LogP) is 0.955. The molecule has 0 rings (SSSR count). The largest absolute Gasteiger partial charge is 0.342 e. The molecule has 0 aromatic rings. The fourth-order valence-electron chi connectivity index (χ4n) is 0.270. The number of alkyl halides is 1. The molecule has 0 aliphatic carbocycles. The standard InChI is InChI=1S/C5H10ClNO/c1-4(2)5(8)7-3-6/h4H,3H2,1-2H3,(H,7,8). The average Bonchev–Trinajstić information content (AvgIpc) is 1.67. The number of carbonyl (C=O) groups is 1. The molecule has 0 spiro atoms. The fraction of sp³-hybridized carbons (Fsp3) is 0.800. The molecule has 3 heteroatoms. The highest BCUT2D eigenvalue weighted by molar-refractivity contribution is 6.18. The number of hydrogen-bond donors (Lipinski definition) is 1. The van der Waals surface area contributed by atoms with Crippen molar-refractivity contribution in [3.05, 3.63) is 0 Å². The third-order valence-corrected chi connectivity index (χ3v) is 0.899. The monoisotopic (exact) mass is 135 g/mol. The van der Waals surface area contributed by atoms with Crippen LogP contribution in [0.2, 0.25) is 0 Å². The summed E-state index contributed by atoms with van der Waals surface area (Å²) < 4.78 is 0. The van der Waals surface area contributed by atoms with Crippen molar-refractivity contribution in [3.63, 3.8) is 0 Å². The number of amides is 1. The molecule has 0 saturated heterocycles. The van der Waals surface area contributed by atoms with Crippen molar-refractivity contribution in [2.45, 2.75) is 13.8 Å². The first-order valence-corrected chi connectivity index (χ1v) is 3.05. The Morgan fingerprint density at radius 2 is 2.25 bits per heavy atom.